The van der Waals surface area contributed by atoms with E-state index < -0.39 is 0 Å². The second-order valence-electron chi connectivity index (χ2n) is 5.22. The Kier molecular flexibility index (Phi) is 9.64. The molecule has 0 fully saturated rings. The summed E-state index contributed by atoms with van der Waals surface area (Å²) >= 11 is 0. The highest BCUT2D eigenvalue weighted by Crippen LogP contribution is 2.11. The zero-order valence-corrected chi connectivity index (χ0v) is 12.7. The molecule has 0 aromatic carbocycles. The van der Waals surface area contributed by atoms with Crippen molar-refractivity contribution in [2.24, 2.45) is 0 Å². The highest BCUT2D eigenvalue weighted by molar-refractivity contribution is 5.69. The summed E-state index contributed by atoms with van der Waals surface area (Å²) in [7, 11) is 0. The Hall–Kier alpha value is -1.31. The van der Waals surface area contributed by atoms with E-state index in [1.54, 1.807) is 0 Å². The molecule has 1 aliphatic heterocycles. The fourth-order valence-electron chi connectivity index (χ4n) is 2.17. The SMILES string of the molecule is CCC1CC/C=C\C/C=C\CC/C=C\CCCC(=O)O1. The highest BCUT2D eigenvalue weighted by Gasteiger charge is 2.11. The van der Waals surface area contributed by atoms with Gasteiger partial charge in [0.15, 0.2) is 0 Å². The van der Waals surface area contributed by atoms with Gasteiger partial charge in [0.25, 0.3) is 0 Å². The standard InChI is InChI=1S/C18H28O2/c1-2-17-15-13-11-9-7-5-3-4-6-8-10-12-14-16-18(19)20-17/h3,5,8-11,17H,2,4,6-7,12-16H2,1H3/b5-3-,10-8-,11-9-. The summed E-state index contributed by atoms with van der Waals surface area (Å²) in [6, 6.07) is 0. The minimum absolute atomic E-state index is 0.0415. The van der Waals surface area contributed by atoms with Crippen LogP contribution in [0.25, 0.3) is 0 Å². The van der Waals surface area contributed by atoms with Gasteiger partial charge in [-0.1, -0.05) is 43.4 Å². The number of hydrogen-bond donors (Lipinski definition) is 0. The highest BCUT2D eigenvalue weighted by atomic mass is 16.5. The molecule has 0 saturated carbocycles. The zero-order valence-electron chi connectivity index (χ0n) is 12.7. The number of esters is 1. The van der Waals surface area contributed by atoms with Crippen LogP contribution < -0.4 is 0 Å². The van der Waals surface area contributed by atoms with Gasteiger partial charge in [0.1, 0.15) is 6.10 Å². The smallest absolute Gasteiger partial charge is 0.306 e. The summed E-state index contributed by atoms with van der Waals surface area (Å²) in [5, 5.41) is 0. The van der Waals surface area contributed by atoms with Gasteiger partial charge in [-0.05, 0) is 51.4 Å². The molecule has 1 heterocycles. The Balaban J connectivity index is 2.46. The topological polar surface area (TPSA) is 26.3 Å². The number of cyclic esters (lactones) is 1. The number of carbonyl (C=O) groups is 1. The van der Waals surface area contributed by atoms with Crippen molar-refractivity contribution in [1.29, 1.82) is 0 Å². The molecule has 2 heteroatoms. The van der Waals surface area contributed by atoms with Crippen LogP contribution in [0.5, 0.6) is 0 Å². The molecule has 0 radical (unpaired) electrons. The number of rotatable bonds is 1. The number of allylic oxidation sites excluding steroid dienone is 6. The lowest BCUT2D eigenvalue weighted by atomic mass is 10.1. The molecule has 20 heavy (non-hydrogen) atoms. The van der Waals surface area contributed by atoms with E-state index >= 15 is 0 Å². The third-order valence-corrected chi connectivity index (χ3v) is 3.43. The molecular weight excluding hydrogens is 248 g/mol. The summed E-state index contributed by atoms with van der Waals surface area (Å²) in [4.78, 5) is 11.7. The van der Waals surface area contributed by atoms with Crippen LogP contribution in [-0.4, -0.2) is 12.1 Å². The summed E-state index contributed by atoms with van der Waals surface area (Å²) in [6.45, 7) is 2.08. The maximum absolute atomic E-state index is 11.7. The van der Waals surface area contributed by atoms with E-state index in [1.807, 2.05) is 0 Å². The van der Waals surface area contributed by atoms with E-state index in [0.717, 1.165) is 51.4 Å². The normalized spacial score (nSPS) is 28.1. The maximum Gasteiger partial charge on any atom is 0.306 e. The molecule has 0 bridgehead atoms. The molecule has 0 aromatic rings. The molecule has 1 unspecified atom stereocenters. The third-order valence-electron chi connectivity index (χ3n) is 3.43. The average molecular weight is 276 g/mol. The first kappa shape index (κ1) is 16.7. The summed E-state index contributed by atoms with van der Waals surface area (Å²) in [5.41, 5.74) is 0. The molecule has 112 valence electrons. The Morgan fingerprint density at radius 1 is 1.00 bits per heavy atom. The predicted octanol–water partition coefficient (Wildman–Crippen LogP) is 5.11. The Bertz CT molecular complexity index is 339. The van der Waals surface area contributed by atoms with Crippen LogP contribution in [0.1, 0.15) is 64.7 Å². The van der Waals surface area contributed by atoms with Crippen molar-refractivity contribution in [1.82, 2.24) is 0 Å². The number of carbonyl (C=O) groups excluding carboxylic acids is 1. The third kappa shape index (κ3) is 8.73. The molecule has 1 aliphatic rings. The van der Waals surface area contributed by atoms with E-state index in [4.69, 9.17) is 4.74 Å². The molecule has 0 aliphatic carbocycles. The van der Waals surface area contributed by atoms with E-state index in [9.17, 15) is 4.79 Å². The predicted molar refractivity (Wildman–Crippen MR) is 84.5 cm³/mol. The number of ether oxygens (including phenoxy) is 1. The van der Waals surface area contributed by atoms with Crippen molar-refractivity contribution >= 4 is 5.97 Å². The molecule has 0 aromatic heterocycles. The maximum atomic E-state index is 11.7. The monoisotopic (exact) mass is 276 g/mol. The quantitative estimate of drug-likeness (QED) is 0.491. The average Bonchev–Trinajstić information content (AvgIpc) is 2.45. The van der Waals surface area contributed by atoms with Crippen LogP contribution >= 0.6 is 0 Å². The van der Waals surface area contributed by atoms with Crippen molar-refractivity contribution in [3.05, 3.63) is 36.5 Å². The van der Waals surface area contributed by atoms with Crippen LogP contribution in [0.2, 0.25) is 0 Å². The first-order valence-electron chi connectivity index (χ1n) is 7.97. The van der Waals surface area contributed by atoms with Gasteiger partial charge in [0.05, 0.1) is 0 Å². The van der Waals surface area contributed by atoms with Crippen molar-refractivity contribution in [3.8, 4) is 0 Å². The van der Waals surface area contributed by atoms with Crippen molar-refractivity contribution in [2.75, 3.05) is 0 Å². The minimum Gasteiger partial charge on any atom is -0.462 e. The molecule has 1 rings (SSSR count). The van der Waals surface area contributed by atoms with Gasteiger partial charge in [-0.15, -0.1) is 0 Å². The van der Waals surface area contributed by atoms with Crippen LogP contribution in [-0.2, 0) is 9.53 Å². The second-order valence-corrected chi connectivity index (χ2v) is 5.22. The largest absolute Gasteiger partial charge is 0.462 e. The summed E-state index contributed by atoms with van der Waals surface area (Å²) in [6.07, 6.45) is 21.7. The Morgan fingerprint density at radius 3 is 2.40 bits per heavy atom. The molecule has 1 atom stereocenters. The summed E-state index contributed by atoms with van der Waals surface area (Å²) in [5.74, 6) is -0.0415. The Morgan fingerprint density at radius 2 is 1.65 bits per heavy atom. The lowest BCUT2D eigenvalue weighted by Crippen LogP contribution is -2.17. The van der Waals surface area contributed by atoms with Crippen LogP contribution in [0.3, 0.4) is 0 Å². The van der Waals surface area contributed by atoms with E-state index in [1.165, 1.54) is 0 Å². The molecule has 2 nitrogen and oxygen atoms in total. The van der Waals surface area contributed by atoms with Gasteiger partial charge in [-0.3, -0.25) is 4.79 Å². The lowest BCUT2D eigenvalue weighted by molar-refractivity contribution is -0.149. The molecule has 0 spiro atoms. The van der Waals surface area contributed by atoms with Crippen molar-refractivity contribution in [2.45, 2.75) is 70.8 Å². The lowest BCUT2D eigenvalue weighted by Gasteiger charge is -2.15. The van der Waals surface area contributed by atoms with Crippen molar-refractivity contribution < 1.29 is 9.53 Å². The van der Waals surface area contributed by atoms with E-state index in [2.05, 4.69) is 43.4 Å². The van der Waals surface area contributed by atoms with E-state index in [0.29, 0.717) is 6.42 Å². The van der Waals surface area contributed by atoms with Gasteiger partial charge in [0.2, 0.25) is 0 Å². The minimum atomic E-state index is -0.0415. The fraction of sp³-hybridized carbons (Fsp3) is 0.611. The summed E-state index contributed by atoms with van der Waals surface area (Å²) < 4.78 is 5.51. The zero-order chi connectivity index (χ0) is 14.5. The first-order valence-corrected chi connectivity index (χ1v) is 7.97. The number of hydrogen-bond acceptors (Lipinski definition) is 2. The van der Waals surface area contributed by atoms with Gasteiger partial charge < -0.3 is 4.74 Å². The molecule has 0 saturated heterocycles. The fourth-order valence-corrected chi connectivity index (χ4v) is 2.17. The van der Waals surface area contributed by atoms with Crippen molar-refractivity contribution in [3.63, 3.8) is 0 Å². The molecule has 0 amide bonds. The van der Waals surface area contributed by atoms with Crippen LogP contribution in [0.15, 0.2) is 36.5 Å². The Labute approximate surface area is 123 Å². The van der Waals surface area contributed by atoms with Crippen LogP contribution in [0.4, 0.5) is 0 Å². The van der Waals surface area contributed by atoms with Gasteiger partial charge in [-0.2, -0.15) is 0 Å². The van der Waals surface area contributed by atoms with E-state index in [-0.39, 0.29) is 12.1 Å². The van der Waals surface area contributed by atoms with Crippen LogP contribution in [0, 0.1) is 0 Å². The van der Waals surface area contributed by atoms with Gasteiger partial charge in [-0.25, -0.2) is 0 Å². The molecule has 0 N–H and O–H groups in total. The first-order chi connectivity index (χ1) is 9.83. The molecular formula is C18H28O2. The second kappa shape index (κ2) is 11.5. The van der Waals surface area contributed by atoms with Gasteiger partial charge in [0, 0.05) is 6.42 Å². The van der Waals surface area contributed by atoms with Gasteiger partial charge >= 0.3 is 5.97 Å².